The van der Waals surface area contributed by atoms with Crippen LogP contribution in [0.2, 0.25) is 0 Å². The van der Waals surface area contributed by atoms with E-state index in [0.717, 1.165) is 18.8 Å². The number of nitrogens with zero attached hydrogens (tertiary/aromatic N) is 1. The Balaban J connectivity index is 1.78. The number of rotatable bonds is 4. The molecule has 0 bridgehead atoms. The quantitative estimate of drug-likeness (QED) is 0.818. The van der Waals surface area contributed by atoms with E-state index in [1.54, 1.807) is 6.26 Å². The Morgan fingerprint density at radius 2 is 2.47 bits per heavy atom. The number of hydrogen-bond donors (Lipinski definition) is 1. The van der Waals surface area contributed by atoms with Crippen molar-refractivity contribution in [3.63, 3.8) is 0 Å². The third-order valence-corrected chi connectivity index (χ3v) is 2.80. The molecule has 2 rings (SSSR count). The van der Waals surface area contributed by atoms with Gasteiger partial charge in [-0.15, -0.1) is 0 Å². The molecule has 0 aromatic carbocycles. The summed E-state index contributed by atoms with van der Waals surface area (Å²) in [5.41, 5.74) is 0. The Kier molecular flexibility index (Phi) is 3.44. The average molecular weight is 208 g/mol. The molecule has 0 aliphatic carbocycles. The summed E-state index contributed by atoms with van der Waals surface area (Å²) in [4.78, 5) is 2.44. The lowest BCUT2D eigenvalue weighted by Gasteiger charge is -2.17. The van der Waals surface area contributed by atoms with Crippen molar-refractivity contribution in [2.75, 3.05) is 13.1 Å². The second-order valence-corrected chi connectivity index (χ2v) is 4.62. The van der Waals surface area contributed by atoms with Gasteiger partial charge in [0.15, 0.2) is 0 Å². The number of nitrogens with one attached hydrogen (secondary N) is 1. The zero-order valence-corrected chi connectivity index (χ0v) is 9.57. The van der Waals surface area contributed by atoms with Crippen LogP contribution in [-0.2, 0) is 6.54 Å². The molecular formula is C12H20N2O. The Bertz CT molecular complexity index is 282. The molecule has 3 nitrogen and oxygen atoms in total. The molecule has 1 fully saturated rings. The molecule has 0 spiro atoms. The van der Waals surface area contributed by atoms with Crippen LogP contribution in [-0.4, -0.2) is 30.1 Å². The molecule has 1 atom stereocenters. The van der Waals surface area contributed by atoms with Crippen LogP contribution < -0.4 is 5.32 Å². The molecule has 2 heterocycles. The van der Waals surface area contributed by atoms with Gasteiger partial charge in [0, 0.05) is 25.2 Å². The summed E-state index contributed by atoms with van der Waals surface area (Å²) in [5.74, 6) is 1.07. The lowest BCUT2D eigenvalue weighted by atomic mass is 10.2. The molecule has 0 amide bonds. The van der Waals surface area contributed by atoms with Crippen molar-refractivity contribution in [3.05, 3.63) is 24.2 Å². The average Bonchev–Trinajstić information content (AvgIpc) is 2.77. The second kappa shape index (κ2) is 4.81. The van der Waals surface area contributed by atoms with E-state index in [-0.39, 0.29) is 0 Å². The van der Waals surface area contributed by atoms with Crippen molar-refractivity contribution in [2.45, 2.75) is 38.9 Å². The maximum atomic E-state index is 5.35. The fourth-order valence-corrected chi connectivity index (χ4v) is 2.21. The van der Waals surface area contributed by atoms with Crippen molar-refractivity contribution in [2.24, 2.45) is 0 Å². The van der Waals surface area contributed by atoms with E-state index < -0.39 is 0 Å². The van der Waals surface area contributed by atoms with Crippen molar-refractivity contribution in [1.82, 2.24) is 10.2 Å². The Hall–Kier alpha value is -0.800. The zero-order chi connectivity index (χ0) is 10.7. The number of furan rings is 1. The Morgan fingerprint density at radius 3 is 3.13 bits per heavy atom. The van der Waals surface area contributed by atoms with Crippen LogP contribution >= 0.6 is 0 Å². The molecule has 84 valence electrons. The third-order valence-electron chi connectivity index (χ3n) is 2.80. The van der Waals surface area contributed by atoms with E-state index in [0.29, 0.717) is 12.1 Å². The van der Waals surface area contributed by atoms with Gasteiger partial charge >= 0.3 is 0 Å². The third kappa shape index (κ3) is 3.08. The first-order valence-corrected chi connectivity index (χ1v) is 5.75. The molecule has 0 saturated carbocycles. The smallest absolute Gasteiger partial charge is 0.117 e. The van der Waals surface area contributed by atoms with Gasteiger partial charge in [0.2, 0.25) is 0 Å². The monoisotopic (exact) mass is 208 g/mol. The van der Waals surface area contributed by atoms with Gasteiger partial charge in [-0.2, -0.15) is 0 Å². The number of hydrogen-bond acceptors (Lipinski definition) is 3. The second-order valence-electron chi connectivity index (χ2n) is 4.62. The molecule has 1 N–H and O–H groups in total. The first kappa shape index (κ1) is 10.7. The number of likely N-dealkylation sites (tertiary alicyclic amines) is 1. The standard InChI is InChI=1S/C12H20N2O/c1-10(2)13-11-5-6-14(8-11)9-12-4-3-7-15-12/h3-4,7,10-11,13H,5-6,8-9H2,1-2H3. The molecule has 3 heteroatoms. The normalized spacial score (nSPS) is 22.7. The summed E-state index contributed by atoms with van der Waals surface area (Å²) in [6, 6.07) is 5.23. The lowest BCUT2D eigenvalue weighted by Crippen LogP contribution is -2.36. The van der Waals surface area contributed by atoms with Gasteiger partial charge in [-0.3, -0.25) is 4.90 Å². The maximum Gasteiger partial charge on any atom is 0.117 e. The first-order valence-electron chi connectivity index (χ1n) is 5.75. The SMILES string of the molecule is CC(C)NC1CCN(Cc2ccco2)C1. The van der Waals surface area contributed by atoms with E-state index in [4.69, 9.17) is 4.42 Å². The maximum absolute atomic E-state index is 5.35. The molecular weight excluding hydrogens is 188 g/mol. The minimum Gasteiger partial charge on any atom is -0.468 e. The molecule has 1 saturated heterocycles. The fraction of sp³-hybridized carbons (Fsp3) is 0.667. The molecule has 1 aromatic rings. The van der Waals surface area contributed by atoms with Crippen LogP contribution in [0.5, 0.6) is 0 Å². The molecule has 1 unspecified atom stereocenters. The van der Waals surface area contributed by atoms with E-state index in [2.05, 4.69) is 24.1 Å². The van der Waals surface area contributed by atoms with Gasteiger partial charge in [-0.05, 0) is 18.6 Å². The summed E-state index contributed by atoms with van der Waals surface area (Å²) >= 11 is 0. The minimum atomic E-state index is 0.582. The highest BCUT2D eigenvalue weighted by Crippen LogP contribution is 2.14. The zero-order valence-electron chi connectivity index (χ0n) is 9.57. The van der Waals surface area contributed by atoms with E-state index >= 15 is 0 Å². The van der Waals surface area contributed by atoms with Crippen LogP contribution in [0.3, 0.4) is 0 Å². The van der Waals surface area contributed by atoms with Crippen LogP contribution in [0.1, 0.15) is 26.0 Å². The lowest BCUT2D eigenvalue weighted by molar-refractivity contribution is 0.287. The van der Waals surface area contributed by atoms with Crippen LogP contribution in [0, 0.1) is 0 Å². The van der Waals surface area contributed by atoms with Gasteiger partial charge in [-0.1, -0.05) is 13.8 Å². The van der Waals surface area contributed by atoms with Crippen LogP contribution in [0.25, 0.3) is 0 Å². The Morgan fingerprint density at radius 1 is 1.60 bits per heavy atom. The topological polar surface area (TPSA) is 28.4 Å². The fourth-order valence-electron chi connectivity index (χ4n) is 2.21. The largest absolute Gasteiger partial charge is 0.468 e. The van der Waals surface area contributed by atoms with E-state index in [9.17, 15) is 0 Å². The molecule has 1 aliphatic rings. The summed E-state index contributed by atoms with van der Waals surface area (Å²) in [7, 11) is 0. The van der Waals surface area contributed by atoms with Crippen molar-refractivity contribution < 1.29 is 4.42 Å². The van der Waals surface area contributed by atoms with Crippen molar-refractivity contribution >= 4 is 0 Å². The van der Waals surface area contributed by atoms with Gasteiger partial charge in [-0.25, -0.2) is 0 Å². The van der Waals surface area contributed by atoms with Gasteiger partial charge in [0.25, 0.3) is 0 Å². The molecule has 0 radical (unpaired) electrons. The summed E-state index contributed by atoms with van der Waals surface area (Å²) in [5, 5.41) is 3.58. The molecule has 1 aromatic heterocycles. The van der Waals surface area contributed by atoms with Crippen LogP contribution in [0.4, 0.5) is 0 Å². The van der Waals surface area contributed by atoms with E-state index in [1.807, 2.05) is 12.1 Å². The molecule has 1 aliphatic heterocycles. The van der Waals surface area contributed by atoms with Crippen LogP contribution in [0.15, 0.2) is 22.8 Å². The van der Waals surface area contributed by atoms with Gasteiger partial charge in [0.05, 0.1) is 12.8 Å². The predicted molar refractivity (Wildman–Crippen MR) is 60.7 cm³/mol. The van der Waals surface area contributed by atoms with Gasteiger partial charge < -0.3 is 9.73 Å². The van der Waals surface area contributed by atoms with Crippen molar-refractivity contribution in [1.29, 1.82) is 0 Å². The molecule has 15 heavy (non-hydrogen) atoms. The highest BCUT2D eigenvalue weighted by atomic mass is 16.3. The summed E-state index contributed by atoms with van der Waals surface area (Å²) < 4.78 is 5.35. The first-order chi connectivity index (χ1) is 7.24. The van der Waals surface area contributed by atoms with E-state index in [1.165, 1.54) is 13.0 Å². The highest BCUT2D eigenvalue weighted by molar-refractivity contribution is 4.99. The Labute approximate surface area is 91.4 Å². The van der Waals surface area contributed by atoms with Crippen molar-refractivity contribution in [3.8, 4) is 0 Å². The highest BCUT2D eigenvalue weighted by Gasteiger charge is 2.22. The van der Waals surface area contributed by atoms with Gasteiger partial charge in [0.1, 0.15) is 5.76 Å². The minimum absolute atomic E-state index is 0.582. The summed E-state index contributed by atoms with van der Waals surface area (Å²) in [6.45, 7) is 7.66. The summed E-state index contributed by atoms with van der Waals surface area (Å²) in [6.07, 6.45) is 2.99. The predicted octanol–water partition coefficient (Wildman–Crippen LogP) is 1.85.